The van der Waals surface area contributed by atoms with Gasteiger partial charge in [0.2, 0.25) is 5.88 Å². The van der Waals surface area contributed by atoms with Crippen LogP contribution in [0, 0.1) is 11.3 Å². The first-order valence-corrected chi connectivity index (χ1v) is 7.24. The van der Waals surface area contributed by atoms with Gasteiger partial charge < -0.3 is 9.26 Å². The topological polar surface area (TPSA) is 105 Å². The van der Waals surface area contributed by atoms with Crippen LogP contribution in [0.4, 0.5) is 5.88 Å². The lowest BCUT2D eigenvalue weighted by Crippen LogP contribution is -2.20. The summed E-state index contributed by atoms with van der Waals surface area (Å²) in [7, 11) is 0. The van der Waals surface area contributed by atoms with Crippen molar-refractivity contribution in [2.45, 2.75) is 26.2 Å². The van der Waals surface area contributed by atoms with E-state index in [1.807, 2.05) is 26.8 Å². The standard InChI is InChI=1S/C17H17N3O4/c1-17(2,3)13-8-15(24-20-13)19-14(21)10-23-16(22)12-6-4-11(9-18)5-7-12/h4-8H,10H2,1-3H3,(H,19,21). The Morgan fingerprint density at radius 1 is 1.29 bits per heavy atom. The average molecular weight is 327 g/mol. The highest BCUT2D eigenvalue weighted by Gasteiger charge is 2.20. The van der Waals surface area contributed by atoms with E-state index < -0.39 is 18.5 Å². The Morgan fingerprint density at radius 3 is 2.50 bits per heavy atom. The Balaban J connectivity index is 1.87. The van der Waals surface area contributed by atoms with Gasteiger partial charge >= 0.3 is 5.97 Å². The van der Waals surface area contributed by atoms with Crippen LogP contribution in [0.1, 0.15) is 42.4 Å². The van der Waals surface area contributed by atoms with Crippen molar-refractivity contribution in [3.63, 3.8) is 0 Å². The van der Waals surface area contributed by atoms with Crippen molar-refractivity contribution in [3.05, 3.63) is 47.2 Å². The fourth-order valence-electron chi connectivity index (χ4n) is 1.76. The van der Waals surface area contributed by atoms with E-state index in [-0.39, 0.29) is 16.9 Å². The summed E-state index contributed by atoms with van der Waals surface area (Å²) in [6.45, 7) is 5.45. The number of esters is 1. The number of benzene rings is 1. The highest BCUT2D eigenvalue weighted by molar-refractivity contribution is 5.94. The Morgan fingerprint density at radius 2 is 1.96 bits per heavy atom. The number of carbonyl (C=O) groups is 2. The molecule has 0 aliphatic heterocycles. The molecule has 1 N–H and O–H groups in total. The van der Waals surface area contributed by atoms with Crippen molar-refractivity contribution in [2.24, 2.45) is 0 Å². The summed E-state index contributed by atoms with van der Waals surface area (Å²) in [6, 6.07) is 9.50. The van der Waals surface area contributed by atoms with Gasteiger partial charge in [-0.2, -0.15) is 5.26 Å². The number of hydrogen-bond donors (Lipinski definition) is 1. The van der Waals surface area contributed by atoms with E-state index in [4.69, 9.17) is 14.5 Å². The third kappa shape index (κ3) is 4.43. The molecule has 0 saturated carbocycles. The molecule has 0 aliphatic rings. The van der Waals surface area contributed by atoms with Crippen LogP contribution in [0.5, 0.6) is 0 Å². The molecule has 0 spiro atoms. The zero-order chi connectivity index (χ0) is 17.7. The van der Waals surface area contributed by atoms with E-state index in [0.29, 0.717) is 11.3 Å². The van der Waals surface area contributed by atoms with Crippen molar-refractivity contribution in [1.82, 2.24) is 5.16 Å². The zero-order valence-electron chi connectivity index (χ0n) is 13.6. The molecule has 2 rings (SSSR count). The first-order chi connectivity index (χ1) is 11.3. The second kappa shape index (κ2) is 6.96. The second-order valence-electron chi connectivity index (χ2n) is 6.14. The highest BCUT2D eigenvalue weighted by Crippen LogP contribution is 2.23. The molecular weight excluding hydrogens is 310 g/mol. The summed E-state index contributed by atoms with van der Waals surface area (Å²) in [5.41, 5.74) is 1.20. The minimum absolute atomic E-state index is 0.194. The second-order valence-corrected chi connectivity index (χ2v) is 6.14. The average Bonchev–Trinajstić information content (AvgIpc) is 3.01. The van der Waals surface area contributed by atoms with Crippen LogP contribution in [-0.4, -0.2) is 23.6 Å². The lowest BCUT2D eigenvalue weighted by Gasteiger charge is -2.12. The fraction of sp³-hybridized carbons (Fsp3) is 0.294. The Hall–Kier alpha value is -3.14. The quantitative estimate of drug-likeness (QED) is 0.865. The lowest BCUT2D eigenvalue weighted by atomic mass is 9.92. The van der Waals surface area contributed by atoms with Gasteiger partial charge in [0.05, 0.1) is 22.9 Å². The van der Waals surface area contributed by atoms with Crippen LogP contribution >= 0.6 is 0 Å². The highest BCUT2D eigenvalue weighted by atomic mass is 16.5. The number of anilines is 1. The van der Waals surface area contributed by atoms with Crippen LogP contribution in [0.25, 0.3) is 0 Å². The van der Waals surface area contributed by atoms with E-state index >= 15 is 0 Å². The summed E-state index contributed by atoms with van der Waals surface area (Å²) in [5.74, 6) is -0.990. The molecule has 1 heterocycles. The number of nitriles is 1. The number of aromatic nitrogens is 1. The molecule has 7 nitrogen and oxygen atoms in total. The maximum absolute atomic E-state index is 11.8. The number of rotatable bonds is 4. The Bertz CT molecular complexity index is 779. The van der Waals surface area contributed by atoms with Crippen molar-refractivity contribution >= 4 is 17.8 Å². The Kier molecular flexibility index (Phi) is 4.99. The summed E-state index contributed by atoms with van der Waals surface area (Å²) < 4.78 is 9.94. The van der Waals surface area contributed by atoms with Gasteiger partial charge in [0.15, 0.2) is 6.61 Å². The number of hydrogen-bond acceptors (Lipinski definition) is 6. The van der Waals surface area contributed by atoms with Gasteiger partial charge in [-0.05, 0) is 24.3 Å². The number of ether oxygens (including phenoxy) is 1. The molecule has 1 amide bonds. The molecule has 2 aromatic rings. The molecule has 7 heteroatoms. The Labute approximate surface area is 139 Å². The predicted octanol–water partition coefficient (Wildman–Crippen LogP) is 2.64. The van der Waals surface area contributed by atoms with E-state index in [2.05, 4.69) is 10.5 Å². The minimum Gasteiger partial charge on any atom is -0.452 e. The van der Waals surface area contributed by atoms with Crippen LogP contribution in [0.3, 0.4) is 0 Å². The summed E-state index contributed by atoms with van der Waals surface area (Å²) >= 11 is 0. The van der Waals surface area contributed by atoms with Gasteiger partial charge in [0.1, 0.15) is 0 Å². The summed E-state index contributed by atoms with van der Waals surface area (Å²) in [6.07, 6.45) is 0. The first kappa shape index (κ1) is 17.2. The third-order valence-electron chi connectivity index (χ3n) is 3.13. The van der Waals surface area contributed by atoms with Gasteiger partial charge in [-0.3, -0.25) is 10.1 Å². The molecule has 0 atom stereocenters. The predicted molar refractivity (Wildman–Crippen MR) is 85.3 cm³/mol. The molecule has 0 fully saturated rings. The minimum atomic E-state index is -0.650. The molecule has 1 aromatic heterocycles. The summed E-state index contributed by atoms with van der Waals surface area (Å²) in [4.78, 5) is 23.6. The van der Waals surface area contributed by atoms with Crippen molar-refractivity contribution in [1.29, 1.82) is 5.26 Å². The summed E-state index contributed by atoms with van der Waals surface area (Å²) in [5, 5.41) is 15.0. The zero-order valence-corrected chi connectivity index (χ0v) is 13.6. The number of nitrogens with zero attached hydrogens (tertiary/aromatic N) is 2. The maximum Gasteiger partial charge on any atom is 0.338 e. The smallest absolute Gasteiger partial charge is 0.338 e. The van der Waals surface area contributed by atoms with Gasteiger partial charge in [-0.15, -0.1) is 0 Å². The molecule has 1 aromatic carbocycles. The molecule has 0 unspecified atom stereocenters. The van der Waals surface area contributed by atoms with Crippen LogP contribution in [0.15, 0.2) is 34.9 Å². The van der Waals surface area contributed by atoms with Crippen molar-refractivity contribution < 1.29 is 18.8 Å². The van der Waals surface area contributed by atoms with Crippen molar-refractivity contribution in [2.75, 3.05) is 11.9 Å². The van der Waals surface area contributed by atoms with Crippen LogP contribution in [0.2, 0.25) is 0 Å². The normalized spacial score (nSPS) is 10.8. The number of carbonyl (C=O) groups excluding carboxylic acids is 2. The molecule has 0 bridgehead atoms. The number of amides is 1. The molecule has 0 aliphatic carbocycles. The van der Waals surface area contributed by atoms with E-state index in [9.17, 15) is 9.59 Å². The molecule has 124 valence electrons. The largest absolute Gasteiger partial charge is 0.452 e. The monoisotopic (exact) mass is 327 g/mol. The van der Waals surface area contributed by atoms with Crippen molar-refractivity contribution in [3.8, 4) is 6.07 Å². The fourth-order valence-corrected chi connectivity index (χ4v) is 1.76. The van der Waals surface area contributed by atoms with E-state index in [0.717, 1.165) is 0 Å². The van der Waals surface area contributed by atoms with Crippen LogP contribution < -0.4 is 5.32 Å². The third-order valence-corrected chi connectivity index (χ3v) is 3.13. The van der Waals surface area contributed by atoms with Gasteiger partial charge in [0.25, 0.3) is 5.91 Å². The molecule has 24 heavy (non-hydrogen) atoms. The SMILES string of the molecule is CC(C)(C)c1cc(NC(=O)COC(=O)c2ccc(C#N)cc2)on1. The van der Waals surface area contributed by atoms with E-state index in [1.165, 1.54) is 24.3 Å². The number of nitrogens with one attached hydrogen (secondary N) is 1. The lowest BCUT2D eigenvalue weighted by molar-refractivity contribution is -0.119. The molecule has 0 saturated heterocycles. The maximum atomic E-state index is 11.8. The van der Waals surface area contributed by atoms with Gasteiger partial charge in [0, 0.05) is 11.5 Å². The van der Waals surface area contributed by atoms with Gasteiger partial charge in [-0.25, -0.2) is 4.79 Å². The molecular formula is C17H17N3O4. The molecule has 0 radical (unpaired) electrons. The van der Waals surface area contributed by atoms with Gasteiger partial charge in [-0.1, -0.05) is 25.9 Å². The van der Waals surface area contributed by atoms with Crippen LogP contribution in [-0.2, 0) is 14.9 Å². The first-order valence-electron chi connectivity index (χ1n) is 7.24. The van der Waals surface area contributed by atoms with E-state index in [1.54, 1.807) is 6.07 Å².